The number of carbonyl (C=O) groups excluding carboxylic acids is 2. The van der Waals surface area contributed by atoms with Crippen LogP contribution in [-0.4, -0.2) is 34.2 Å². The lowest BCUT2D eigenvalue weighted by Gasteiger charge is -2.27. The number of ether oxygens (including phenoxy) is 1. The molecule has 0 bridgehead atoms. The van der Waals surface area contributed by atoms with E-state index in [9.17, 15) is 9.59 Å². The van der Waals surface area contributed by atoms with Gasteiger partial charge in [-0.1, -0.05) is 24.4 Å². The molecule has 2 aromatic rings. The van der Waals surface area contributed by atoms with Crippen LogP contribution in [0.3, 0.4) is 0 Å². The monoisotopic (exact) mass is 427 g/mol. The van der Waals surface area contributed by atoms with E-state index in [0.29, 0.717) is 11.7 Å². The Morgan fingerprint density at radius 3 is 2.35 bits per heavy atom. The molecular weight excluding hydrogens is 398 g/mol. The highest BCUT2D eigenvalue weighted by molar-refractivity contribution is 6.00. The van der Waals surface area contributed by atoms with Gasteiger partial charge >= 0.3 is 17.8 Å². The third-order valence-corrected chi connectivity index (χ3v) is 6.04. The number of amides is 2. The maximum atomic E-state index is 12.4. The van der Waals surface area contributed by atoms with Crippen molar-refractivity contribution in [1.29, 1.82) is 0 Å². The smallest absolute Gasteiger partial charge is 0.316 e. The van der Waals surface area contributed by atoms with E-state index in [4.69, 9.17) is 14.9 Å². The third-order valence-electron chi connectivity index (χ3n) is 6.04. The fraction of sp³-hybridized carbons (Fsp3) is 0.545. The standard InChI is InChI=1S/C22H29N5O4/c23-19(28)14-6-10-17(11-7-14)30-18-12-8-16(9-13-18)24-20(29)21-26-27-22(31-21)25-15-4-2-1-3-5-15/h8-9,12-15,17H,1-7,10-11H2,(H2,23,28)(H,24,29)(H,25,27). The van der Waals surface area contributed by atoms with Crippen molar-refractivity contribution in [2.75, 3.05) is 10.6 Å². The summed E-state index contributed by atoms with van der Waals surface area (Å²) in [4.78, 5) is 23.7. The molecule has 2 amide bonds. The van der Waals surface area contributed by atoms with E-state index in [1.165, 1.54) is 19.3 Å². The number of nitrogens with two attached hydrogens (primary N) is 1. The van der Waals surface area contributed by atoms with Crippen LogP contribution in [0.5, 0.6) is 5.75 Å². The van der Waals surface area contributed by atoms with Crippen LogP contribution in [0, 0.1) is 5.92 Å². The normalized spacial score (nSPS) is 21.9. The third kappa shape index (κ3) is 5.74. The van der Waals surface area contributed by atoms with E-state index in [1.807, 2.05) is 0 Å². The van der Waals surface area contributed by atoms with E-state index in [-0.39, 0.29) is 29.8 Å². The Hall–Kier alpha value is -3.10. The predicted molar refractivity (Wildman–Crippen MR) is 115 cm³/mol. The minimum absolute atomic E-state index is 0.0412. The molecular formula is C22H29N5O4. The summed E-state index contributed by atoms with van der Waals surface area (Å²) in [5.74, 6) is -0.0815. The molecule has 0 atom stereocenters. The molecule has 0 radical (unpaired) electrons. The molecule has 0 spiro atoms. The number of nitrogens with zero attached hydrogens (tertiary/aromatic N) is 2. The van der Waals surface area contributed by atoms with Gasteiger partial charge in [-0.3, -0.25) is 9.59 Å². The molecule has 9 nitrogen and oxygen atoms in total. The van der Waals surface area contributed by atoms with E-state index in [1.54, 1.807) is 24.3 Å². The van der Waals surface area contributed by atoms with Crippen LogP contribution in [0.1, 0.15) is 68.5 Å². The highest BCUT2D eigenvalue weighted by Crippen LogP contribution is 2.28. The van der Waals surface area contributed by atoms with Gasteiger partial charge in [-0.2, -0.15) is 0 Å². The van der Waals surface area contributed by atoms with Gasteiger partial charge in [0.05, 0.1) is 6.10 Å². The van der Waals surface area contributed by atoms with Gasteiger partial charge < -0.3 is 25.5 Å². The molecule has 0 unspecified atom stereocenters. The summed E-state index contributed by atoms with van der Waals surface area (Å²) >= 11 is 0. The summed E-state index contributed by atoms with van der Waals surface area (Å²) in [5, 5.41) is 13.7. The molecule has 2 fully saturated rings. The van der Waals surface area contributed by atoms with E-state index < -0.39 is 5.91 Å². The van der Waals surface area contributed by atoms with Crippen molar-refractivity contribution in [3.05, 3.63) is 30.2 Å². The van der Waals surface area contributed by atoms with Crippen molar-refractivity contribution in [3.8, 4) is 5.75 Å². The van der Waals surface area contributed by atoms with Crippen LogP contribution in [0.2, 0.25) is 0 Å². The molecule has 2 saturated carbocycles. The Labute approximate surface area is 181 Å². The zero-order valence-electron chi connectivity index (χ0n) is 17.5. The second-order valence-electron chi connectivity index (χ2n) is 8.36. The summed E-state index contributed by atoms with van der Waals surface area (Å²) in [5.41, 5.74) is 5.98. The van der Waals surface area contributed by atoms with E-state index in [2.05, 4.69) is 20.8 Å². The second kappa shape index (κ2) is 9.80. The van der Waals surface area contributed by atoms with Gasteiger partial charge in [0.1, 0.15) is 5.75 Å². The number of aromatic nitrogens is 2. The molecule has 166 valence electrons. The van der Waals surface area contributed by atoms with Gasteiger partial charge in [-0.05, 0) is 62.8 Å². The van der Waals surface area contributed by atoms with Crippen LogP contribution in [-0.2, 0) is 4.79 Å². The number of anilines is 2. The minimum Gasteiger partial charge on any atom is -0.490 e. The first-order valence-electron chi connectivity index (χ1n) is 11.0. The van der Waals surface area contributed by atoms with Crippen molar-refractivity contribution >= 4 is 23.5 Å². The van der Waals surface area contributed by atoms with Gasteiger partial charge in [0.2, 0.25) is 5.91 Å². The Morgan fingerprint density at radius 1 is 0.968 bits per heavy atom. The average molecular weight is 428 g/mol. The number of benzene rings is 1. The molecule has 1 aromatic heterocycles. The van der Waals surface area contributed by atoms with E-state index >= 15 is 0 Å². The molecule has 9 heteroatoms. The zero-order chi connectivity index (χ0) is 21.6. The maximum Gasteiger partial charge on any atom is 0.316 e. The van der Waals surface area contributed by atoms with Crippen LogP contribution < -0.4 is 21.1 Å². The first kappa shape index (κ1) is 21.1. The van der Waals surface area contributed by atoms with Crippen LogP contribution in [0.4, 0.5) is 11.7 Å². The fourth-order valence-corrected chi connectivity index (χ4v) is 4.25. The quantitative estimate of drug-likeness (QED) is 0.616. The Bertz CT molecular complexity index is 884. The number of hydrogen-bond acceptors (Lipinski definition) is 7. The molecule has 0 aliphatic heterocycles. The Kier molecular flexibility index (Phi) is 6.69. The van der Waals surface area contributed by atoms with Crippen molar-refractivity contribution in [3.63, 3.8) is 0 Å². The van der Waals surface area contributed by atoms with Crippen molar-refractivity contribution in [1.82, 2.24) is 10.2 Å². The maximum absolute atomic E-state index is 12.4. The van der Waals surface area contributed by atoms with Crippen LogP contribution in [0.25, 0.3) is 0 Å². The van der Waals surface area contributed by atoms with Crippen LogP contribution >= 0.6 is 0 Å². The molecule has 2 aliphatic carbocycles. The number of rotatable bonds is 7. The first-order valence-corrected chi connectivity index (χ1v) is 11.0. The number of nitrogens with one attached hydrogen (secondary N) is 2. The van der Waals surface area contributed by atoms with Crippen LogP contribution in [0.15, 0.2) is 28.7 Å². The van der Waals surface area contributed by atoms with Crippen molar-refractivity contribution in [2.24, 2.45) is 11.7 Å². The van der Waals surface area contributed by atoms with Gasteiger partial charge in [-0.15, -0.1) is 5.10 Å². The average Bonchev–Trinajstić information content (AvgIpc) is 3.25. The summed E-state index contributed by atoms with van der Waals surface area (Å²) in [6, 6.07) is 7.74. The number of hydrogen-bond donors (Lipinski definition) is 3. The molecule has 4 rings (SSSR count). The second-order valence-corrected chi connectivity index (χ2v) is 8.36. The summed E-state index contributed by atoms with van der Waals surface area (Å²) < 4.78 is 11.5. The number of carbonyl (C=O) groups is 2. The lowest BCUT2D eigenvalue weighted by Crippen LogP contribution is -2.31. The highest BCUT2D eigenvalue weighted by atomic mass is 16.5. The minimum atomic E-state index is -0.456. The Balaban J connectivity index is 1.26. The molecule has 1 heterocycles. The van der Waals surface area contributed by atoms with E-state index in [0.717, 1.165) is 44.3 Å². The zero-order valence-corrected chi connectivity index (χ0v) is 17.5. The Morgan fingerprint density at radius 2 is 1.68 bits per heavy atom. The van der Waals surface area contributed by atoms with Gasteiger partial charge in [-0.25, -0.2) is 0 Å². The summed E-state index contributed by atoms with van der Waals surface area (Å²) in [7, 11) is 0. The van der Waals surface area contributed by atoms with Crippen molar-refractivity contribution < 1.29 is 18.7 Å². The van der Waals surface area contributed by atoms with Gasteiger partial charge in [0.25, 0.3) is 0 Å². The predicted octanol–water partition coefficient (Wildman–Crippen LogP) is 3.49. The highest BCUT2D eigenvalue weighted by Gasteiger charge is 2.25. The molecule has 0 saturated heterocycles. The molecule has 2 aliphatic rings. The SMILES string of the molecule is NC(=O)C1CCC(Oc2ccc(NC(=O)c3nnc(NC4CCCCC4)o3)cc2)CC1. The lowest BCUT2D eigenvalue weighted by molar-refractivity contribution is -0.123. The first-order chi connectivity index (χ1) is 15.1. The fourth-order valence-electron chi connectivity index (χ4n) is 4.25. The topological polar surface area (TPSA) is 132 Å². The molecule has 1 aromatic carbocycles. The lowest BCUT2D eigenvalue weighted by atomic mass is 9.87. The van der Waals surface area contributed by atoms with Crippen molar-refractivity contribution in [2.45, 2.75) is 69.9 Å². The largest absolute Gasteiger partial charge is 0.490 e. The summed E-state index contributed by atoms with van der Waals surface area (Å²) in [6.45, 7) is 0. The molecule has 4 N–H and O–H groups in total. The number of primary amides is 1. The molecule has 31 heavy (non-hydrogen) atoms. The van der Waals surface area contributed by atoms with Gasteiger partial charge in [0, 0.05) is 17.6 Å². The summed E-state index contributed by atoms with van der Waals surface area (Å²) in [6.07, 6.45) is 8.99. The van der Waals surface area contributed by atoms with Gasteiger partial charge in [0.15, 0.2) is 0 Å².